The molecule has 1 fully saturated rings. The lowest BCUT2D eigenvalue weighted by Gasteiger charge is -2.30. The van der Waals surface area contributed by atoms with Crippen molar-refractivity contribution in [1.29, 1.82) is 0 Å². The third-order valence-corrected chi connectivity index (χ3v) is 4.66. The van der Waals surface area contributed by atoms with Gasteiger partial charge in [-0.2, -0.15) is 13.2 Å². The number of likely N-dealkylation sites (tertiary alicyclic amines) is 1. The average Bonchev–Trinajstić information content (AvgIpc) is 3.11. The van der Waals surface area contributed by atoms with Gasteiger partial charge in [0.15, 0.2) is 6.61 Å². The van der Waals surface area contributed by atoms with Crippen LogP contribution in [0.15, 0.2) is 22.6 Å². The fourth-order valence-electron chi connectivity index (χ4n) is 2.71. The third-order valence-electron chi connectivity index (χ3n) is 4.13. The third kappa shape index (κ3) is 4.84. The maximum absolute atomic E-state index is 12.5. The van der Waals surface area contributed by atoms with Crippen LogP contribution in [0.1, 0.15) is 30.5 Å². The number of alkyl halides is 3. The maximum atomic E-state index is 12.5. The van der Waals surface area contributed by atoms with Crippen LogP contribution < -0.4 is 4.74 Å². The summed E-state index contributed by atoms with van der Waals surface area (Å²) < 4.78 is 47.7. The van der Waals surface area contributed by atoms with Gasteiger partial charge in [0.1, 0.15) is 5.75 Å². The van der Waals surface area contributed by atoms with Gasteiger partial charge in [-0.25, -0.2) is 0 Å². The van der Waals surface area contributed by atoms with Gasteiger partial charge in [0, 0.05) is 24.0 Å². The van der Waals surface area contributed by atoms with Gasteiger partial charge >= 0.3 is 12.1 Å². The monoisotopic (exact) mass is 423 g/mol. The van der Waals surface area contributed by atoms with E-state index in [1.54, 1.807) is 17.0 Å². The molecule has 2 aromatic rings. The van der Waals surface area contributed by atoms with Crippen molar-refractivity contribution >= 4 is 29.1 Å². The summed E-state index contributed by atoms with van der Waals surface area (Å²) in [7, 11) is 0. The van der Waals surface area contributed by atoms with Gasteiger partial charge in [-0.1, -0.05) is 23.2 Å². The quantitative estimate of drug-likeness (QED) is 0.737. The van der Waals surface area contributed by atoms with E-state index >= 15 is 0 Å². The molecule has 3 rings (SSSR count). The molecule has 6 nitrogen and oxygen atoms in total. The van der Waals surface area contributed by atoms with Crippen LogP contribution in [0.3, 0.4) is 0 Å². The van der Waals surface area contributed by atoms with E-state index < -0.39 is 12.1 Å². The number of nitrogens with zero attached hydrogens (tertiary/aromatic N) is 3. The molecule has 0 saturated carbocycles. The molecule has 1 aliphatic heterocycles. The Hall–Kier alpha value is -2.00. The van der Waals surface area contributed by atoms with Gasteiger partial charge in [-0.3, -0.25) is 4.79 Å². The first kappa shape index (κ1) is 19.8. The molecule has 2 heterocycles. The Morgan fingerprint density at radius 1 is 1.26 bits per heavy atom. The first-order valence-corrected chi connectivity index (χ1v) is 8.76. The lowest BCUT2D eigenvalue weighted by Crippen LogP contribution is -2.40. The predicted molar refractivity (Wildman–Crippen MR) is 89.8 cm³/mol. The second kappa shape index (κ2) is 7.93. The van der Waals surface area contributed by atoms with E-state index in [9.17, 15) is 18.0 Å². The molecule has 1 aliphatic rings. The smallest absolute Gasteiger partial charge is 0.470 e. The topological polar surface area (TPSA) is 68.5 Å². The molecule has 0 atom stereocenters. The van der Waals surface area contributed by atoms with E-state index in [4.69, 9.17) is 32.4 Å². The normalized spacial score (nSPS) is 15.8. The number of ether oxygens (including phenoxy) is 1. The average molecular weight is 424 g/mol. The summed E-state index contributed by atoms with van der Waals surface area (Å²) in [4.78, 5) is 13.8. The largest absolute Gasteiger partial charge is 0.482 e. The van der Waals surface area contributed by atoms with Crippen LogP contribution in [0.2, 0.25) is 10.0 Å². The standard InChI is InChI=1S/C16H14Cl2F3N3O3/c17-10-1-2-12(11(18)7-10)26-8-13(25)24-5-3-9(4-6-24)14-22-23-15(27-14)16(19,20)21/h1-2,7,9H,3-6,8H2. The zero-order valence-corrected chi connectivity index (χ0v) is 15.3. The maximum Gasteiger partial charge on any atom is 0.470 e. The first-order chi connectivity index (χ1) is 12.7. The Morgan fingerprint density at radius 2 is 1.96 bits per heavy atom. The molecule has 0 unspecified atom stereocenters. The summed E-state index contributed by atoms with van der Waals surface area (Å²) in [5, 5.41) is 7.26. The van der Waals surface area contributed by atoms with E-state index in [-0.39, 0.29) is 24.3 Å². The highest BCUT2D eigenvalue weighted by Crippen LogP contribution is 2.32. The van der Waals surface area contributed by atoms with Crippen molar-refractivity contribution in [2.45, 2.75) is 24.9 Å². The zero-order chi connectivity index (χ0) is 19.6. The predicted octanol–water partition coefficient (Wildman–Crippen LogP) is 4.18. The summed E-state index contributed by atoms with van der Waals surface area (Å²) in [6, 6.07) is 4.67. The molecule has 1 saturated heterocycles. The Kier molecular flexibility index (Phi) is 5.81. The fourth-order valence-corrected chi connectivity index (χ4v) is 3.18. The van der Waals surface area contributed by atoms with Crippen molar-refractivity contribution in [2.75, 3.05) is 19.7 Å². The molecule has 0 aliphatic carbocycles. The molecule has 27 heavy (non-hydrogen) atoms. The lowest BCUT2D eigenvalue weighted by atomic mass is 9.97. The fraction of sp³-hybridized carbons (Fsp3) is 0.438. The molecule has 0 radical (unpaired) electrons. The van der Waals surface area contributed by atoms with E-state index in [2.05, 4.69) is 10.2 Å². The van der Waals surface area contributed by atoms with Gasteiger partial charge in [-0.05, 0) is 31.0 Å². The highest BCUT2D eigenvalue weighted by Gasteiger charge is 2.39. The zero-order valence-electron chi connectivity index (χ0n) is 13.8. The second-order valence-corrected chi connectivity index (χ2v) is 6.81. The Bertz CT molecular complexity index is 821. The number of carbonyl (C=O) groups is 1. The van der Waals surface area contributed by atoms with Gasteiger partial charge in [0.25, 0.3) is 5.91 Å². The summed E-state index contributed by atoms with van der Waals surface area (Å²) in [6.45, 7) is 0.501. The minimum atomic E-state index is -4.66. The van der Waals surface area contributed by atoms with Crippen molar-refractivity contribution in [2.24, 2.45) is 0 Å². The number of piperidine rings is 1. The number of amides is 1. The number of benzene rings is 1. The molecule has 1 aromatic carbocycles. The van der Waals surface area contributed by atoms with Crippen LogP contribution >= 0.6 is 23.2 Å². The van der Waals surface area contributed by atoms with Crippen LogP contribution in [0.5, 0.6) is 5.75 Å². The van der Waals surface area contributed by atoms with Crippen LogP contribution in [0.25, 0.3) is 0 Å². The van der Waals surface area contributed by atoms with Crippen molar-refractivity contribution in [3.8, 4) is 5.75 Å². The van der Waals surface area contributed by atoms with Crippen molar-refractivity contribution in [3.05, 3.63) is 40.0 Å². The number of hydrogen-bond acceptors (Lipinski definition) is 5. The van der Waals surface area contributed by atoms with Crippen LogP contribution in [-0.2, 0) is 11.0 Å². The van der Waals surface area contributed by atoms with Crippen molar-refractivity contribution in [3.63, 3.8) is 0 Å². The number of hydrogen-bond donors (Lipinski definition) is 0. The van der Waals surface area contributed by atoms with E-state index in [0.717, 1.165) is 0 Å². The number of rotatable bonds is 4. The highest BCUT2D eigenvalue weighted by atomic mass is 35.5. The van der Waals surface area contributed by atoms with Crippen molar-refractivity contribution < 1.29 is 27.1 Å². The Labute approximate surface area is 162 Å². The molecule has 1 aromatic heterocycles. The van der Waals surface area contributed by atoms with E-state index in [0.29, 0.717) is 41.7 Å². The molecular formula is C16H14Cl2F3N3O3. The number of aromatic nitrogens is 2. The van der Waals surface area contributed by atoms with Gasteiger partial charge in [0.2, 0.25) is 5.89 Å². The van der Waals surface area contributed by atoms with E-state index in [1.807, 2.05) is 0 Å². The molecule has 0 spiro atoms. The number of halogens is 5. The lowest BCUT2D eigenvalue weighted by molar-refractivity contribution is -0.157. The molecule has 0 N–H and O–H groups in total. The summed E-state index contributed by atoms with van der Waals surface area (Å²) in [6.07, 6.45) is -3.82. The van der Waals surface area contributed by atoms with Crippen LogP contribution in [-0.4, -0.2) is 40.7 Å². The first-order valence-electron chi connectivity index (χ1n) is 8.00. The Balaban J connectivity index is 1.51. The van der Waals surface area contributed by atoms with Gasteiger partial charge < -0.3 is 14.1 Å². The molecule has 0 bridgehead atoms. The molecule has 146 valence electrons. The van der Waals surface area contributed by atoms with E-state index in [1.165, 1.54) is 6.07 Å². The minimum Gasteiger partial charge on any atom is -0.482 e. The minimum absolute atomic E-state index is 0.0568. The van der Waals surface area contributed by atoms with Crippen molar-refractivity contribution in [1.82, 2.24) is 15.1 Å². The highest BCUT2D eigenvalue weighted by molar-refractivity contribution is 6.35. The Morgan fingerprint density at radius 3 is 2.56 bits per heavy atom. The summed E-state index contributed by atoms with van der Waals surface area (Å²) >= 11 is 11.8. The summed E-state index contributed by atoms with van der Waals surface area (Å²) in [5.74, 6) is -1.64. The molecule has 1 amide bonds. The summed E-state index contributed by atoms with van der Waals surface area (Å²) in [5.41, 5.74) is 0. The van der Waals surface area contributed by atoms with Gasteiger partial charge in [-0.15, -0.1) is 10.2 Å². The van der Waals surface area contributed by atoms with Crippen LogP contribution in [0, 0.1) is 0 Å². The SMILES string of the molecule is O=C(COc1ccc(Cl)cc1Cl)N1CCC(c2nnc(C(F)(F)F)o2)CC1. The van der Waals surface area contributed by atoms with Gasteiger partial charge in [0.05, 0.1) is 5.02 Å². The second-order valence-electron chi connectivity index (χ2n) is 5.96. The molecule has 11 heteroatoms. The molecular weight excluding hydrogens is 410 g/mol. The number of carbonyl (C=O) groups excluding carboxylic acids is 1. The van der Waals surface area contributed by atoms with Crippen LogP contribution in [0.4, 0.5) is 13.2 Å².